The highest BCUT2D eigenvalue weighted by Gasteiger charge is 2.53. The Balaban J connectivity index is 3.53. The Morgan fingerprint density at radius 1 is 1.27 bits per heavy atom. The van der Waals surface area contributed by atoms with Crippen molar-refractivity contribution in [2.24, 2.45) is 0 Å². The first kappa shape index (κ1) is 13.1. The Morgan fingerprint density at radius 2 is 1.73 bits per heavy atom. The lowest BCUT2D eigenvalue weighted by Crippen LogP contribution is -2.46. The summed E-state index contributed by atoms with van der Waals surface area (Å²) in [6.07, 6.45) is 0. The molecule has 0 N–H and O–H groups in total. The number of Topliss-reactive ketones (excluding diaryl/α,β-unsaturated/α-hetero) is 1. The molecule has 1 rings (SSSR count). The molecule has 0 saturated carbocycles. The maximum absolute atomic E-state index is 11.8. The Morgan fingerprint density at radius 3 is 2.13 bits per heavy atom. The minimum absolute atomic E-state index is 0.225. The Bertz CT molecular complexity index is 427. The average Bonchev–Trinajstić information content (AvgIpc) is 2.20. The number of ketones is 1. The van der Waals surface area contributed by atoms with Crippen LogP contribution in [0.15, 0.2) is 19.0 Å². The normalized spacial score (nSPS) is 27.4. The first-order valence-electron chi connectivity index (χ1n) is 3.86. The van der Waals surface area contributed by atoms with Gasteiger partial charge in [-0.1, -0.05) is 0 Å². The Labute approximate surface area is 111 Å². The van der Waals surface area contributed by atoms with E-state index in [2.05, 4.69) is 47.8 Å². The molecule has 0 spiro atoms. The average molecular weight is 404 g/mol. The predicted molar refractivity (Wildman–Crippen MR) is 66.9 cm³/mol. The van der Waals surface area contributed by atoms with Gasteiger partial charge >= 0.3 is 5.54 Å². The second-order valence-electron chi connectivity index (χ2n) is 3.23. The highest BCUT2D eigenvalue weighted by atomic mass is 79.9. The molecule has 1 unspecified atom stereocenters. The minimum Gasteiger partial charge on any atom is -0.286 e. The fraction of sp³-hybridized carbons (Fsp3) is 0.375. The Hall–Kier alpha value is -0.0100. The van der Waals surface area contributed by atoms with E-state index < -0.39 is 16.2 Å². The smallest absolute Gasteiger partial charge is 0.286 e. The van der Waals surface area contributed by atoms with Crippen LogP contribution in [0.2, 0.25) is 0 Å². The molecular formula is C8H6Br3NO3. The number of carbonyl (C=O) groups is 1. The zero-order chi connectivity index (χ0) is 12.0. The standard InChI is InChI=1S/C8H6Br3NO3/c1-3-4(9)5(10)6(11)8(2,7(3)13)12(14)15/h1-2H3. The molecule has 0 aliphatic heterocycles. The summed E-state index contributed by atoms with van der Waals surface area (Å²) in [5, 5.41) is 11.0. The topological polar surface area (TPSA) is 60.2 Å². The number of carbonyl (C=O) groups excluding carboxylic acids is 1. The number of hydrogen-bond donors (Lipinski definition) is 0. The molecule has 0 aromatic heterocycles. The number of allylic oxidation sites excluding steroid dienone is 2. The van der Waals surface area contributed by atoms with Crippen molar-refractivity contribution < 1.29 is 9.72 Å². The van der Waals surface area contributed by atoms with Crippen LogP contribution in [-0.4, -0.2) is 16.2 Å². The van der Waals surface area contributed by atoms with Crippen molar-refractivity contribution in [2.75, 3.05) is 0 Å². The minimum atomic E-state index is -1.74. The third kappa shape index (κ3) is 1.74. The maximum atomic E-state index is 11.8. The summed E-state index contributed by atoms with van der Waals surface area (Å²) < 4.78 is 1.26. The van der Waals surface area contributed by atoms with Gasteiger partial charge in [0.25, 0.3) is 0 Å². The van der Waals surface area contributed by atoms with Gasteiger partial charge in [0.2, 0.25) is 5.78 Å². The van der Waals surface area contributed by atoms with Gasteiger partial charge < -0.3 is 0 Å². The first-order valence-corrected chi connectivity index (χ1v) is 6.24. The van der Waals surface area contributed by atoms with Gasteiger partial charge in [0.1, 0.15) is 0 Å². The molecule has 0 bridgehead atoms. The molecule has 0 fully saturated rings. The number of hydrogen-bond acceptors (Lipinski definition) is 3. The molecule has 1 atom stereocenters. The van der Waals surface area contributed by atoms with Crippen LogP contribution in [0.4, 0.5) is 0 Å². The number of halogens is 3. The van der Waals surface area contributed by atoms with E-state index in [0.29, 0.717) is 14.5 Å². The lowest BCUT2D eigenvalue weighted by atomic mass is 9.88. The van der Waals surface area contributed by atoms with E-state index in [1.807, 2.05) is 0 Å². The SMILES string of the molecule is CC1=C(Br)C(Br)=C(Br)C(C)([N+](=O)[O-])C1=O. The van der Waals surface area contributed by atoms with Crippen LogP contribution in [0.1, 0.15) is 13.8 Å². The molecule has 0 radical (unpaired) electrons. The van der Waals surface area contributed by atoms with Crippen molar-refractivity contribution >= 4 is 53.6 Å². The highest BCUT2D eigenvalue weighted by Crippen LogP contribution is 2.44. The second kappa shape index (κ2) is 4.10. The van der Waals surface area contributed by atoms with Gasteiger partial charge in [-0.2, -0.15) is 0 Å². The van der Waals surface area contributed by atoms with Gasteiger partial charge in [0.15, 0.2) is 0 Å². The highest BCUT2D eigenvalue weighted by molar-refractivity contribution is 9.16. The molecule has 0 amide bonds. The van der Waals surface area contributed by atoms with Crippen LogP contribution < -0.4 is 0 Å². The van der Waals surface area contributed by atoms with Crippen molar-refractivity contribution in [3.05, 3.63) is 29.1 Å². The van der Waals surface area contributed by atoms with Crippen LogP contribution in [0.3, 0.4) is 0 Å². The third-order valence-electron chi connectivity index (χ3n) is 2.29. The number of nitro groups is 1. The predicted octanol–water partition coefficient (Wildman–Crippen LogP) is 3.27. The zero-order valence-electron chi connectivity index (χ0n) is 7.81. The van der Waals surface area contributed by atoms with Gasteiger partial charge in [-0.3, -0.25) is 14.9 Å². The van der Waals surface area contributed by atoms with Gasteiger partial charge in [-0.25, -0.2) is 0 Å². The van der Waals surface area contributed by atoms with E-state index in [9.17, 15) is 14.9 Å². The Kier molecular flexibility index (Phi) is 3.57. The largest absolute Gasteiger partial charge is 0.313 e. The summed E-state index contributed by atoms with van der Waals surface area (Å²) >= 11 is 9.50. The van der Waals surface area contributed by atoms with Crippen LogP contribution in [-0.2, 0) is 4.79 Å². The number of rotatable bonds is 1. The summed E-state index contributed by atoms with van der Waals surface area (Å²) in [5.74, 6) is -0.519. The molecule has 82 valence electrons. The molecular weight excluding hydrogens is 398 g/mol. The zero-order valence-corrected chi connectivity index (χ0v) is 12.6. The van der Waals surface area contributed by atoms with E-state index >= 15 is 0 Å². The monoisotopic (exact) mass is 401 g/mol. The second-order valence-corrected chi connectivity index (χ2v) is 5.60. The van der Waals surface area contributed by atoms with Gasteiger partial charge in [0.05, 0.1) is 4.48 Å². The molecule has 1 aliphatic carbocycles. The van der Waals surface area contributed by atoms with Crippen molar-refractivity contribution in [2.45, 2.75) is 19.4 Å². The van der Waals surface area contributed by atoms with Crippen LogP contribution >= 0.6 is 47.8 Å². The fourth-order valence-electron chi connectivity index (χ4n) is 1.20. The van der Waals surface area contributed by atoms with E-state index in [-0.39, 0.29) is 4.48 Å². The van der Waals surface area contributed by atoms with Crippen LogP contribution in [0.5, 0.6) is 0 Å². The summed E-state index contributed by atoms with van der Waals surface area (Å²) in [5.41, 5.74) is -1.40. The summed E-state index contributed by atoms with van der Waals surface area (Å²) in [6.45, 7) is 2.83. The van der Waals surface area contributed by atoms with E-state index in [0.717, 1.165) is 0 Å². The molecule has 0 saturated heterocycles. The summed E-state index contributed by atoms with van der Waals surface area (Å²) in [4.78, 5) is 22.2. The quantitative estimate of drug-likeness (QED) is 0.498. The summed E-state index contributed by atoms with van der Waals surface area (Å²) in [7, 11) is 0. The van der Waals surface area contributed by atoms with Crippen molar-refractivity contribution in [3.63, 3.8) is 0 Å². The van der Waals surface area contributed by atoms with Crippen molar-refractivity contribution in [1.82, 2.24) is 0 Å². The van der Waals surface area contributed by atoms with Gasteiger partial charge in [0, 0.05) is 26.4 Å². The van der Waals surface area contributed by atoms with E-state index in [4.69, 9.17) is 0 Å². The summed E-state index contributed by atoms with van der Waals surface area (Å²) in [6, 6.07) is 0. The lowest BCUT2D eigenvalue weighted by Gasteiger charge is -2.25. The molecule has 1 aliphatic rings. The van der Waals surface area contributed by atoms with E-state index in [1.54, 1.807) is 6.92 Å². The van der Waals surface area contributed by atoms with E-state index in [1.165, 1.54) is 6.92 Å². The molecule has 0 heterocycles. The van der Waals surface area contributed by atoms with Gasteiger partial charge in [-0.15, -0.1) is 0 Å². The molecule has 15 heavy (non-hydrogen) atoms. The maximum Gasteiger partial charge on any atom is 0.313 e. The molecule has 4 nitrogen and oxygen atoms in total. The lowest BCUT2D eigenvalue weighted by molar-refractivity contribution is -0.533. The molecule has 0 aromatic carbocycles. The van der Waals surface area contributed by atoms with Crippen LogP contribution in [0.25, 0.3) is 0 Å². The number of nitrogens with zero attached hydrogens (tertiary/aromatic N) is 1. The van der Waals surface area contributed by atoms with Crippen molar-refractivity contribution in [3.8, 4) is 0 Å². The first-order chi connectivity index (χ1) is 6.74. The van der Waals surface area contributed by atoms with Gasteiger partial charge in [-0.05, 0) is 54.7 Å². The fourth-order valence-corrected chi connectivity index (χ4v) is 3.05. The van der Waals surface area contributed by atoms with Crippen LogP contribution in [0, 0.1) is 10.1 Å². The molecule has 7 heteroatoms. The van der Waals surface area contributed by atoms with Crippen molar-refractivity contribution in [1.29, 1.82) is 0 Å². The molecule has 0 aromatic rings. The third-order valence-corrected chi connectivity index (χ3v) is 6.31.